The number of alkyl halides is 3. The standard InChI is InChI=1S/C20H17F3N4OS/c21-20(22,23)17-5-1-2-6-18(17)29-27-16-9-7-15(8-10-16)26-19(28)25-13-14-4-3-11-24-12-14/h1-12,27H,13H2,(H2,25,26,28). The van der Waals surface area contributed by atoms with Gasteiger partial charge in [0.05, 0.1) is 5.56 Å². The van der Waals surface area contributed by atoms with Gasteiger partial charge >= 0.3 is 12.2 Å². The summed E-state index contributed by atoms with van der Waals surface area (Å²) in [5.41, 5.74) is 1.34. The topological polar surface area (TPSA) is 66.0 Å². The summed E-state index contributed by atoms with van der Waals surface area (Å²) in [6.45, 7) is 0.342. The van der Waals surface area contributed by atoms with Crippen LogP contribution in [0.2, 0.25) is 0 Å². The van der Waals surface area contributed by atoms with Gasteiger partial charge in [-0.1, -0.05) is 18.2 Å². The Labute approximate surface area is 169 Å². The molecule has 0 bridgehead atoms. The summed E-state index contributed by atoms with van der Waals surface area (Å²) in [6, 6.07) is 15.3. The van der Waals surface area contributed by atoms with Gasteiger partial charge in [-0.3, -0.25) is 4.98 Å². The molecule has 3 rings (SSSR count). The molecule has 0 aliphatic rings. The highest BCUT2D eigenvalue weighted by Gasteiger charge is 2.33. The number of anilines is 2. The van der Waals surface area contributed by atoms with Crippen LogP contribution in [-0.2, 0) is 12.7 Å². The van der Waals surface area contributed by atoms with Gasteiger partial charge in [0.2, 0.25) is 0 Å². The van der Waals surface area contributed by atoms with Crippen LogP contribution in [0.4, 0.5) is 29.3 Å². The molecule has 0 fully saturated rings. The molecule has 0 aliphatic carbocycles. The number of hydrogen-bond acceptors (Lipinski definition) is 4. The maximum Gasteiger partial charge on any atom is 0.417 e. The summed E-state index contributed by atoms with van der Waals surface area (Å²) in [4.78, 5) is 16.0. The van der Waals surface area contributed by atoms with Gasteiger partial charge in [0.25, 0.3) is 0 Å². The fourth-order valence-electron chi connectivity index (χ4n) is 2.39. The van der Waals surface area contributed by atoms with Crippen LogP contribution in [0, 0.1) is 0 Å². The number of benzene rings is 2. The van der Waals surface area contributed by atoms with E-state index in [2.05, 4.69) is 20.3 Å². The molecular weight excluding hydrogens is 401 g/mol. The molecular formula is C20H17F3N4OS. The van der Waals surface area contributed by atoms with Crippen LogP contribution in [0.15, 0.2) is 78.0 Å². The summed E-state index contributed by atoms with van der Waals surface area (Å²) >= 11 is 0.877. The SMILES string of the molecule is O=C(NCc1cccnc1)Nc1ccc(NSc2ccccc2C(F)(F)F)cc1. The van der Waals surface area contributed by atoms with Crippen molar-refractivity contribution >= 4 is 29.4 Å². The predicted octanol–water partition coefficient (Wildman–Crippen LogP) is 5.54. The number of urea groups is 1. The summed E-state index contributed by atoms with van der Waals surface area (Å²) < 4.78 is 42.0. The van der Waals surface area contributed by atoms with Crippen LogP contribution in [0.3, 0.4) is 0 Å². The van der Waals surface area contributed by atoms with Crippen molar-refractivity contribution in [1.29, 1.82) is 0 Å². The first-order valence-electron chi connectivity index (χ1n) is 8.55. The van der Waals surface area contributed by atoms with Crippen molar-refractivity contribution in [3.63, 3.8) is 0 Å². The number of pyridine rings is 1. The van der Waals surface area contributed by atoms with Gasteiger partial charge in [-0.25, -0.2) is 4.79 Å². The fourth-order valence-corrected chi connectivity index (χ4v) is 3.19. The number of carbonyl (C=O) groups is 1. The lowest BCUT2D eigenvalue weighted by molar-refractivity contribution is -0.139. The van der Waals surface area contributed by atoms with E-state index < -0.39 is 11.7 Å². The van der Waals surface area contributed by atoms with Gasteiger partial charge in [-0.15, -0.1) is 0 Å². The molecule has 0 saturated heterocycles. The van der Waals surface area contributed by atoms with E-state index in [-0.39, 0.29) is 10.9 Å². The summed E-state index contributed by atoms with van der Waals surface area (Å²) in [5.74, 6) is 0. The monoisotopic (exact) mass is 418 g/mol. The molecule has 9 heteroatoms. The minimum absolute atomic E-state index is 0.0805. The average molecular weight is 418 g/mol. The summed E-state index contributed by atoms with van der Waals surface area (Å²) in [5, 5.41) is 5.40. The first-order valence-corrected chi connectivity index (χ1v) is 9.36. The Kier molecular flexibility index (Phi) is 6.61. The number of nitrogens with one attached hydrogen (secondary N) is 3. The molecule has 0 atom stereocenters. The maximum atomic E-state index is 13.0. The molecule has 1 aromatic heterocycles. The smallest absolute Gasteiger partial charge is 0.334 e. The second-order valence-corrected chi connectivity index (χ2v) is 6.79. The zero-order valence-corrected chi connectivity index (χ0v) is 15.8. The number of hydrogen-bond donors (Lipinski definition) is 3. The summed E-state index contributed by atoms with van der Waals surface area (Å²) in [7, 11) is 0. The molecule has 5 nitrogen and oxygen atoms in total. The van der Waals surface area contributed by atoms with Crippen LogP contribution in [0.1, 0.15) is 11.1 Å². The Morgan fingerprint density at radius 3 is 2.38 bits per heavy atom. The van der Waals surface area contributed by atoms with Crippen LogP contribution < -0.4 is 15.4 Å². The second-order valence-electron chi connectivity index (χ2n) is 5.94. The molecule has 3 N–H and O–H groups in total. The third-order valence-electron chi connectivity index (χ3n) is 3.79. The van der Waals surface area contributed by atoms with Crippen molar-refractivity contribution in [2.75, 3.05) is 10.0 Å². The van der Waals surface area contributed by atoms with Gasteiger partial charge in [0.1, 0.15) is 0 Å². The predicted molar refractivity (Wildman–Crippen MR) is 107 cm³/mol. The number of halogens is 3. The van der Waals surface area contributed by atoms with Gasteiger partial charge in [-0.05, 0) is 60.0 Å². The molecule has 2 amide bonds. The van der Waals surface area contributed by atoms with Gasteiger partial charge in [0.15, 0.2) is 0 Å². The van der Waals surface area contributed by atoms with E-state index in [9.17, 15) is 18.0 Å². The first kappa shape index (κ1) is 20.5. The Morgan fingerprint density at radius 1 is 0.966 bits per heavy atom. The lowest BCUT2D eigenvalue weighted by atomic mass is 10.2. The highest BCUT2D eigenvalue weighted by Crippen LogP contribution is 2.36. The lowest BCUT2D eigenvalue weighted by Crippen LogP contribution is -2.28. The largest absolute Gasteiger partial charge is 0.417 e. The number of amides is 2. The third kappa shape index (κ3) is 6.15. The zero-order valence-electron chi connectivity index (χ0n) is 15.0. The number of rotatable bonds is 6. The van der Waals surface area contributed by atoms with Crippen LogP contribution in [-0.4, -0.2) is 11.0 Å². The van der Waals surface area contributed by atoms with Gasteiger partial charge < -0.3 is 15.4 Å². The van der Waals surface area contributed by atoms with Crippen molar-refractivity contribution in [3.8, 4) is 0 Å². The Bertz CT molecular complexity index is 950. The van der Waals surface area contributed by atoms with Crippen molar-refractivity contribution in [2.45, 2.75) is 17.6 Å². The van der Waals surface area contributed by atoms with Crippen molar-refractivity contribution in [1.82, 2.24) is 10.3 Å². The minimum Gasteiger partial charge on any atom is -0.334 e. The highest BCUT2D eigenvalue weighted by atomic mass is 32.2. The normalized spacial score (nSPS) is 11.0. The van der Waals surface area contributed by atoms with E-state index in [0.717, 1.165) is 23.6 Å². The first-order chi connectivity index (χ1) is 13.9. The van der Waals surface area contributed by atoms with E-state index in [4.69, 9.17) is 0 Å². The van der Waals surface area contributed by atoms with E-state index in [1.165, 1.54) is 12.1 Å². The maximum absolute atomic E-state index is 13.0. The van der Waals surface area contributed by atoms with Crippen molar-refractivity contribution in [3.05, 3.63) is 84.2 Å². The molecule has 29 heavy (non-hydrogen) atoms. The highest BCUT2D eigenvalue weighted by molar-refractivity contribution is 8.00. The quantitative estimate of drug-likeness (QED) is 0.460. The van der Waals surface area contributed by atoms with E-state index >= 15 is 0 Å². The van der Waals surface area contributed by atoms with Crippen LogP contribution in [0.5, 0.6) is 0 Å². The van der Waals surface area contributed by atoms with E-state index in [1.807, 2.05) is 6.07 Å². The van der Waals surface area contributed by atoms with Gasteiger partial charge in [0, 0.05) is 35.2 Å². The molecule has 3 aromatic rings. The van der Waals surface area contributed by atoms with Crippen LogP contribution in [0.25, 0.3) is 0 Å². The van der Waals surface area contributed by atoms with Crippen molar-refractivity contribution < 1.29 is 18.0 Å². The number of aromatic nitrogens is 1. The Hall–Kier alpha value is -3.20. The number of carbonyl (C=O) groups excluding carboxylic acids is 1. The molecule has 0 aliphatic heterocycles. The second kappa shape index (κ2) is 9.33. The molecule has 2 aromatic carbocycles. The molecule has 150 valence electrons. The molecule has 1 heterocycles. The average Bonchev–Trinajstić information content (AvgIpc) is 2.72. The molecule has 0 radical (unpaired) electrons. The van der Waals surface area contributed by atoms with Gasteiger partial charge in [-0.2, -0.15) is 13.2 Å². The van der Waals surface area contributed by atoms with Crippen LogP contribution >= 0.6 is 11.9 Å². The molecule has 0 saturated carbocycles. The Morgan fingerprint density at radius 2 is 1.69 bits per heavy atom. The summed E-state index contributed by atoms with van der Waals surface area (Å²) in [6.07, 6.45) is -1.10. The molecule has 0 spiro atoms. The lowest BCUT2D eigenvalue weighted by Gasteiger charge is -2.13. The van der Waals surface area contributed by atoms with Crippen molar-refractivity contribution in [2.24, 2.45) is 0 Å². The van der Waals surface area contributed by atoms with E-state index in [1.54, 1.807) is 48.8 Å². The minimum atomic E-state index is -4.41. The molecule has 0 unspecified atom stereocenters. The Balaban J connectivity index is 1.52. The van der Waals surface area contributed by atoms with E-state index in [0.29, 0.717) is 17.9 Å². The fraction of sp³-hybridized carbons (Fsp3) is 0.100. The zero-order chi connectivity index (χ0) is 20.7. The third-order valence-corrected chi connectivity index (χ3v) is 4.70. The number of nitrogens with zero attached hydrogens (tertiary/aromatic N) is 1.